The summed E-state index contributed by atoms with van der Waals surface area (Å²) in [5, 5.41) is 0. The van der Waals surface area contributed by atoms with E-state index in [4.69, 9.17) is 4.84 Å². The van der Waals surface area contributed by atoms with E-state index in [0.29, 0.717) is 4.21 Å². The lowest BCUT2D eigenvalue weighted by Gasteiger charge is -2.24. The van der Waals surface area contributed by atoms with E-state index in [9.17, 15) is 8.42 Å². The number of thiophene rings is 1. The van der Waals surface area contributed by atoms with Crippen LogP contribution in [-0.4, -0.2) is 14.1 Å². The molecular formula is C10H14N2O3S2. The van der Waals surface area contributed by atoms with E-state index in [1.54, 1.807) is 26.0 Å². The van der Waals surface area contributed by atoms with Crippen LogP contribution in [-0.2, 0) is 14.9 Å². The number of hydroxylamine groups is 1. The second kappa shape index (κ2) is 4.09. The highest BCUT2D eigenvalue weighted by Crippen LogP contribution is 2.25. The molecule has 1 unspecified atom stereocenters. The van der Waals surface area contributed by atoms with Gasteiger partial charge in [-0.3, -0.25) is 0 Å². The molecule has 0 fully saturated rings. The van der Waals surface area contributed by atoms with Gasteiger partial charge in [-0.05, 0) is 32.9 Å². The van der Waals surface area contributed by atoms with Crippen LogP contribution in [0.3, 0.4) is 0 Å². The molecule has 5 nitrogen and oxygen atoms in total. The quantitative estimate of drug-likeness (QED) is 0.876. The van der Waals surface area contributed by atoms with E-state index in [-0.39, 0.29) is 0 Å². The maximum absolute atomic E-state index is 12.1. The Kier molecular flexibility index (Phi) is 3.03. The van der Waals surface area contributed by atoms with Gasteiger partial charge in [0.2, 0.25) is 0 Å². The van der Waals surface area contributed by atoms with Crippen molar-refractivity contribution in [2.24, 2.45) is 0 Å². The smallest absolute Gasteiger partial charge is 0.251 e. The molecule has 0 aliphatic carbocycles. The van der Waals surface area contributed by atoms with Gasteiger partial charge in [-0.2, -0.15) is 4.72 Å². The first-order valence-electron chi connectivity index (χ1n) is 5.04. The lowest BCUT2D eigenvalue weighted by atomic mass is 10.1. The third kappa shape index (κ3) is 2.37. The van der Waals surface area contributed by atoms with Gasteiger partial charge in [0.25, 0.3) is 10.0 Å². The van der Waals surface area contributed by atoms with Crippen LogP contribution in [0.1, 0.15) is 18.7 Å². The van der Waals surface area contributed by atoms with Crippen molar-refractivity contribution in [2.75, 3.05) is 0 Å². The minimum absolute atomic E-state index is 0.303. The standard InChI is InChI=1S/C10H14N2O3S2/c1-7-6-15-11-10(7,3)12-17(13,14)9-5-4-8(2)16-9/h4-6,11-12H,1-3H3. The molecule has 2 N–H and O–H groups in total. The predicted octanol–water partition coefficient (Wildman–Crippen LogP) is 1.49. The van der Waals surface area contributed by atoms with Gasteiger partial charge in [0.05, 0.1) is 0 Å². The predicted molar refractivity (Wildman–Crippen MR) is 65.8 cm³/mol. The summed E-state index contributed by atoms with van der Waals surface area (Å²) in [6.45, 7) is 5.37. The first-order valence-corrected chi connectivity index (χ1v) is 7.34. The zero-order chi connectivity index (χ0) is 12.7. The normalized spacial score (nSPS) is 24.5. The van der Waals surface area contributed by atoms with Gasteiger partial charge in [0.15, 0.2) is 0 Å². The third-order valence-electron chi connectivity index (χ3n) is 2.61. The van der Waals surface area contributed by atoms with Crippen LogP contribution in [0.2, 0.25) is 0 Å². The van der Waals surface area contributed by atoms with Crippen molar-refractivity contribution >= 4 is 21.4 Å². The zero-order valence-corrected chi connectivity index (χ0v) is 11.4. The van der Waals surface area contributed by atoms with Crippen molar-refractivity contribution in [1.82, 2.24) is 10.2 Å². The van der Waals surface area contributed by atoms with Gasteiger partial charge in [-0.25, -0.2) is 8.42 Å². The molecule has 94 valence electrons. The fourth-order valence-corrected chi connectivity index (χ4v) is 4.05. The first kappa shape index (κ1) is 12.6. The second-order valence-corrected chi connectivity index (χ2v) is 7.31. The number of hydrogen-bond acceptors (Lipinski definition) is 5. The Hall–Kier alpha value is -0.890. The Balaban J connectivity index is 2.27. The molecule has 1 aromatic rings. The molecule has 0 bridgehead atoms. The highest BCUT2D eigenvalue weighted by Gasteiger charge is 2.36. The van der Waals surface area contributed by atoms with E-state index in [1.165, 1.54) is 17.6 Å². The van der Waals surface area contributed by atoms with E-state index < -0.39 is 15.7 Å². The van der Waals surface area contributed by atoms with Crippen LogP contribution < -0.4 is 10.2 Å². The zero-order valence-electron chi connectivity index (χ0n) is 9.77. The van der Waals surface area contributed by atoms with Gasteiger partial charge < -0.3 is 4.84 Å². The van der Waals surface area contributed by atoms with Crippen molar-refractivity contribution in [2.45, 2.75) is 30.6 Å². The molecule has 17 heavy (non-hydrogen) atoms. The third-order valence-corrected chi connectivity index (χ3v) is 5.65. The molecule has 0 amide bonds. The van der Waals surface area contributed by atoms with Crippen molar-refractivity contribution in [3.05, 3.63) is 28.8 Å². The fraction of sp³-hybridized carbons (Fsp3) is 0.400. The average Bonchev–Trinajstić information content (AvgIpc) is 2.75. The fourth-order valence-electron chi connectivity index (χ4n) is 1.41. The summed E-state index contributed by atoms with van der Waals surface area (Å²) in [6, 6.07) is 3.38. The average molecular weight is 274 g/mol. The lowest BCUT2D eigenvalue weighted by molar-refractivity contribution is 0.0993. The summed E-state index contributed by atoms with van der Waals surface area (Å²) in [5.74, 6) is 0. The van der Waals surface area contributed by atoms with Crippen molar-refractivity contribution in [1.29, 1.82) is 0 Å². The van der Waals surface area contributed by atoms with Gasteiger partial charge >= 0.3 is 0 Å². The van der Waals surface area contributed by atoms with Crippen LogP contribution in [0.25, 0.3) is 0 Å². The number of rotatable bonds is 3. The van der Waals surface area contributed by atoms with Gasteiger partial charge in [0, 0.05) is 10.5 Å². The summed E-state index contributed by atoms with van der Waals surface area (Å²) in [6.07, 6.45) is 1.49. The summed E-state index contributed by atoms with van der Waals surface area (Å²) < 4.78 is 27.2. The lowest BCUT2D eigenvalue weighted by Crippen LogP contribution is -2.54. The van der Waals surface area contributed by atoms with Crippen molar-refractivity contribution in [3.8, 4) is 0 Å². The van der Waals surface area contributed by atoms with E-state index >= 15 is 0 Å². The van der Waals surface area contributed by atoms with Crippen LogP contribution in [0, 0.1) is 6.92 Å². The first-order chi connectivity index (χ1) is 7.83. The van der Waals surface area contributed by atoms with Crippen molar-refractivity contribution < 1.29 is 13.3 Å². The summed E-state index contributed by atoms with van der Waals surface area (Å²) in [7, 11) is -3.53. The Morgan fingerprint density at radius 1 is 1.41 bits per heavy atom. The molecular weight excluding hydrogens is 260 g/mol. The SMILES string of the molecule is CC1=CONC1(C)NS(=O)(=O)c1ccc(C)s1. The molecule has 0 spiro atoms. The van der Waals surface area contributed by atoms with E-state index in [1.807, 2.05) is 6.92 Å². The Bertz CT molecular complexity index is 562. The molecule has 0 radical (unpaired) electrons. The maximum Gasteiger partial charge on any atom is 0.251 e. The number of hydrogen-bond donors (Lipinski definition) is 2. The number of nitrogens with one attached hydrogen (secondary N) is 2. The Morgan fingerprint density at radius 2 is 2.12 bits per heavy atom. The molecule has 0 saturated carbocycles. The highest BCUT2D eigenvalue weighted by molar-refractivity contribution is 7.91. The van der Waals surface area contributed by atoms with Gasteiger partial charge in [-0.1, -0.05) is 0 Å². The monoisotopic (exact) mass is 274 g/mol. The minimum atomic E-state index is -3.53. The largest absolute Gasteiger partial charge is 0.414 e. The van der Waals surface area contributed by atoms with Crippen molar-refractivity contribution in [3.63, 3.8) is 0 Å². The molecule has 0 saturated heterocycles. The molecule has 1 aliphatic heterocycles. The Labute approximate surface area is 104 Å². The summed E-state index contributed by atoms with van der Waals surface area (Å²) in [4.78, 5) is 5.88. The second-order valence-electron chi connectivity index (χ2n) is 4.12. The van der Waals surface area contributed by atoms with Gasteiger partial charge in [-0.15, -0.1) is 16.8 Å². The van der Waals surface area contributed by atoms with Crippen LogP contribution in [0.15, 0.2) is 28.2 Å². The van der Waals surface area contributed by atoms with E-state index in [0.717, 1.165) is 10.5 Å². The van der Waals surface area contributed by atoms with Crippen LogP contribution >= 0.6 is 11.3 Å². The number of sulfonamides is 1. The molecule has 1 aromatic heterocycles. The molecule has 1 aliphatic rings. The summed E-state index contributed by atoms with van der Waals surface area (Å²) in [5.41, 5.74) is 2.52. The maximum atomic E-state index is 12.1. The molecule has 2 heterocycles. The molecule has 2 rings (SSSR count). The van der Waals surface area contributed by atoms with E-state index in [2.05, 4.69) is 10.2 Å². The van der Waals surface area contributed by atoms with Crippen LogP contribution in [0.4, 0.5) is 0 Å². The molecule has 1 atom stereocenters. The highest BCUT2D eigenvalue weighted by atomic mass is 32.2. The molecule has 0 aromatic carbocycles. The molecule has 7 heteroatoms. The summed E-state index contributed by atoms with van der Waals surface area (Å²) >= 11 is 1.24. The minimum Gasteiger partial charge on any atom is -0.414 e. The topological polar surface area (TPSA) is 67.4 Å². The van der Waals surface area contributed by atoms with Gasteiger partial charge in [0.1, 0.15) is 16.1 Å². The number of aryl methyl sites for hydroxylation is 1. The van der Waals surface area contributed by atoms with Crippen LogP contribution in [0.5, 0.6) is 0 Å². The Morgan fingerprint density at radius 3 is 2.59 bits per heavy atom.